The minimum atomic E-state index is -0.403. The summed E-state index contributed by atoms with van der Waals surface area (Å²) in [5, 5.41) is 11.6. The fourth-order valence-electron chi connectivity index (χ4n) is 4.17. The molecule has 0 aliphatic carbocycles. The summed E-state index contributed by atoms with van der Waals surface area (Å²) in [6.07, 6.45) is 3.16. The minimum Gasteiger partial charge on any atom is -0.381 e. The van der Waals surface area contributed by atoms with Crippen molar-refractivity contribution in [2.24, 2.45) is 18.4 Å². The molecule has 138 valence electrons. The van der Waals surface area contributed by atoms with E-state index in [0.29, 0.717) is 26.2 Å². The predicted molar refractivity (Wildman–Crippen MR) is 95.7 cm³/mol. The Labute approximate surface area is 152 Å². The van der Waals surface area contributed by atoms with Gasteiger partial charge in [0.05, 0.1) is 18.4 Å². The molecule has 1 amide bonds. The second-order valence-corrected chi connectivity index (χ2v) is 7.11. The minimum absolute atomic E-state index is 0.101. The van der Waals surface area contributed by atoms with E-state index in [9.17, 15) is 4.79 Å². The summed E-state index contributed by atoms with van der Waals surface area (Å²) in [5.41, 5.74) is 0.556. The van der Waals surface area contributed by atoms with Crippen molar-refractivity contribution < 1.29 is 9.53 Å². The summed E-state index contributed by atoms with van der Waals surface area (Å²) in [4.78, 5) is 19.2. The van der Waals surface area contributed by atoms with E-state index in [1.54, 1.807) is 13.2 Å². The summed E-state index contributed by atoms with van der Waals surface area (Å²) in [6, 6.07) is 5.85. The van der Waals surface area contributed by atoms with E-state index in [-0.39, 0.29) is 11.8 Å². The molecule has 0 saturated carbocycles. The number of anilines is 1. The molecule has 0 bridgehead atoms. The summed E-state index contributed by atoms with van der Waals surface area (Å²) < 4.78 is 7.65. The smallest absolute Gasteiger partial charge is 0.228 e. The zero-order chi connectivity index (χ0) is 18.1. The third-order valence-corrected chi connectivity index (χ3v) is 5.68. The van der Waals surface area contributed by atoms with Crippen molar-refractivity contribution in [2.45, 2.75) is 12.8 Å². The molecule has 8 nitrogen and oxygen atoms in total. The van der Waals surface area contributed by atoms with Gasteiger partial charge in [0.25, 0.3) is 0 Å². The Bertz CT molecular complexity index is 792. The van der Waals surface area contributed by atoms with Crippen LogP contribution in [0.4, 0.5) is 5.95 Å². The van der Waals surface area contributed by atoms with Crippen LogP contribution in [-0.4, -0.2) is 59.0 Å². The van der Waals surface area contributed by atoms with E-state index in [1.165, 1.54) is 0 Å². The van der Waals surface area contributed by atoms with Crippen molar-refractivity contribution in [3.63, 3.8) is 0 Å². The van der Waals surface area contributed by atoms with Gasteiger partial charge < -0.3 is 19.5 Å². The van der Waals surface area contributed by atoms with E-state index in [0.717, 1.165) is 30.4 Å². The molecule has 2 fully saturated rings. The average Bonchev–Trinajstić information content (AvgIpc) is 3.23. The number of ether oxygens (including phenoxy) is 1. The van der Waals surface area contributed by atoms with Crippen LogP contribution >= 0.6 is 0 Å². The molecule has 1 N–H and O–H groups in total. The third kappa shape index (κ3) is 2.74. The van der Waals surface area contributed by atoms with E-state index >= 15 is 0 Å². The monoisotopic (exact) mass is 356 g/mol. The Kier molecular flexibility index (Phi) is 4.36. The number of carbonyl (C=O) groups is 1. The van der Waals surface area contributed by atoms with Crippen LogP contribution in [-0.2, 0) is 23.0 Å². The molecule has 2 atom stereocenters. The van der Waals surface area contributed by atoms with Gasteiger partial charge in [-0.05, 0) is 18.6 Å². The van der Waals surface area contributed by atoms with Gasteiger partial charge in [-0.3, -0.25) is 9.78 Å². The highest BCUT2D eigenvalue weighted by Gasteiger charge is 2.54. The van der Waals surface area contributed by atoms with Gasteiger partial charge in [-0.15, -0.1) is 10.2 Å². The number of aromatic nitrogens is 4. The Morgan fingerprint density at radius 3 is 3.08 bits per heavy atom. The van der Waals surface area contributed by atoms with Gasteiger partial charge in [0, 0.05) is 51.6 Å². The van der Waals surface area contributed by atoms with Crippen LogP contribution in [0.15, 0.2) is 24.4 Å². The molecular weight excluding hydrogens is 332 g/mol. The third-order valence-electron chi connectivity index (χ3n) is 5.68. The highest BCUT2D eigenvalue weighted by molar-refractivity contribution is 5.84. The molecule has 4 rings (SSSR count). The number of nitrogens with one attached hydrogen (secondary N) is 1. The number of rotatable bonds is 4. The molecule has 2 aliphatic heterocycles. The molecule has 2 aliphatic rings. The Hall–Kier alpha value is -2.48. The van der Waals surface area contributed by atoms with E-state index in [1.807, 2.05) is 29.8 Å². The SMILES string of the molecule is CNC(=O)[C@]12CCOC[C@H]1CN(c1nnc(Cc3ccccn3)n1C)C2. The molecule has 4 heterocycles. The second kappa shape index (κ2) is 6.68. The fraction of sp³-hybridized carbons (Fsp3) is 0.556. The molecule has 0 aromatic carbocycles. The lowest BCUT2D eigenvalue weighted by Crippen LogP contribution is -2.49. The van der Waals surface area contributed by atoms with Crippen molar-refractivity contribution in [3.8, 4) is 0 Å². The van der Waals surface area contributed by atoms with Crippen molar-refractivity contribution in [3.05, 3.63) is 35.9 Å². The van der Waals surface area contributed by atoms with E-state index in [4.69, 9.17) is 4.74 Å². The van der Waals surface area contributed by atoms with Gasteiger partial charge in [0.1, 0.15) is 5.82 Å². The molecule has 26 heavy (non-hydrogen) atoms. The maximum Gasteiger partial charge on any atom is 0.228 e. The maximum absolute atomic E-state index is 12.6. The Morgan fingerprint density at radius 1 is 1.42 bits per heavy atom. The summed E-state index contributed by atoms with van der Waals surface area (Å²) in [6.45, 7) is 2.64. The van der Waals surface area contributed by atoms with Crippen LogP contribution in [0, 0.1) is 11.3 Å². The Balaban J connectivity index is 1.58. The lowest BCUT2D eigenvalue weighted by Gasteiger charge is -2.36. The van der Waals surface area contributed by atoms with Crippen LogP contribution in [0.3, 0.4) is 0 Å². The number of pyridine rings is 1. The van der Waals surface area contributed by atoms with Crippen molar-refractivity contribution in [1.82, 2.24) is 25.1 Å². The molecule has 2 aromatic rings. The standard InChI is InChI=1S/C18H24N6O2/c1-19-16(25)18-6-8-26-11-13(18)10-24(12-18)17-22-21-15(23(17)2)9-14-5-3-4-7-20-14/h3-5,7,13H,6,8-12H2,1-2H3,(H,19,25)/t13-,18+/m1/s1. The summed E-state index contributed by atoms with van der Waals surface area (Å²) >= 11 is 0. The number of fused-ring (bicyclic) bond motifs is 1. The topological polar surface area (TPSA) is 85.2 Å². The van der Waals surface area contributed by atoms with Crippen LogP contribution in [0.2, 0.25) is 0 Å². The fourth-order valence-corrected chi connectivity index (χ4v) is 4.17. The number of nitrogens with zero attached hydrogens (tertiary/aromatic N) is 5. The highest BCUT2D eigenvalue weighted by Crippen LogP contribution is 2.43. The quantitative estimate of drug-likeness (QED) is 0.853. The van der Waals surface area contributed by atoms with E-state index < -0.39 is 5.41 Å². The zero-order valence-corrected chi connectivity index (χ0v) is 15.2. The maximum atomic E-state index is 12.6. The van der Waals surface area contributed by atoms with Gasteiger partial charge in [-0.25, -0.2) is 0 Å². The van der Waals surface area contributed by atoms with Crippen LogP contribution in [0.25, 0.3) is 0 Å². The van der Waals surface area contributed by atoms with Gasteiger partial charge in [-0.1, -0.05) is 6.07 Å². The van der Waals surface area contributed by atoms with Crippen molar-refractivity contribution in [1.29, 1.82) is 0 Å². The summed E-state index contributed by atoms with van der Waals surface area (Å²) in [7, 11) is 3.68. The molecule has 2 saturated heterocycles. The van der Waals surface area contributed by atoms with Gasteiger partial charge in [-0.2, -0.15) is 0 Å². The first-order chi connectivity index (χ1) is 12.6. The molecule has 2 aromatic heterocycles. The molecule has 0 radical (unpaired) electrons. The first-order valence-corrected chi connectivity index (χ1v) is 8.97. The first kappa shape index (κ1) is 17.0. The second-order valence-electron chi connectivity index (χ2n) is 7.11. The molecular formula is C18H24N6O2. The zero-order valence-electron chi connectivity index (χ0n) is 15.2. The van der Waals surface area contributed by atoms with Crippen molar-refractivity contribution in [2.75, 3.05) is 38.3 Å². The molecule has 8 heteroatoms. The number of hydrogen-bond acceptors (Lipinski definition) is 6. The molecule has 0 spiro atoms. The largest absolute Gasteiger partial charge is 0.381 e. The van der Waals surface area contributed by atoms with Crippen molar-refractivity contribution >= 4 is 11.9 Å². The normalized spacial score (nSPS) is 25.2. The van der Waals surface area contributed by atoms with Gasteiger partial charge in [0.2, 0.25) is 11.9 Å². The first-order valence-electron chi connectivity index (χ1n) is 8.97. The Morgan fingerprint density at radius 2 is 2.31 bits per heavy atom. The predicted octanol–water partition coefficient (Wildman–Crippen LogP) is 0.390. The van der Waals surface area contributed by atoms with Gasteiger partial charge in [0.15, 0.2) is 0 Å². The summed E-state index contributed by atoms with van der Waals surface area (Å²) in [5.74, 6) is 1.93. The number of carbonyl (C=O) groups excluding carboxylic acids is 1. The average molecular weight is 356 g/mol. The molecule has 0 unspecified atom stereocenters. The van der Waals surface area contributed by atoms with Crippen LogP contribution in [0.5, 0.6) is 0 Å². The number of amides is 1. The highest BCUT2D eigenvalue weighted by atomic mass is 16.5. The lowest BCUT2D eigenvalue weighted by atomic mass is 9.73. The van der Waals surface area contributed by atoms with Gasteiger partial charge >= 0.3 is 0 Å². The van der Waals surface area contributed by atoms with E-state index in [2.05, 4.69) is 25.4 Å². The lowest BCUT2D eigenvalue weighted by molar-refractivity contribution is -0.138. The number of hydrogen-bond donors (Lipinski definition) is 1. The van der Waals surface area contributed by atoms with Crippen LogP contribution < -0.4 is 10.2 Å². The van der Waals surface area contributed by atoms with Crippen LogP contribution in [0.1, 0.15) is 17.9 Å².